The van der Waals surface area contributed by atoms with E-state index in [9.17, 15) is 4.79 Å². The lowest BCUT2D eigenvalue weighted by Gasteiger charge is -2.26. The Morgan fingerprint density at radius 1 is 1.22 bits per heavy atom. The first-order valence-corrected chi connectivity index (χ1v) is 9.13. The number of H-pyrrole nitrogens is 1. The van der Waals surface area contributed by atoms with E-state index in [1.165, 1.54) is 11.1 Å². The van der Waals surface area contributed by atoms with Crippen LogP contribution in [0.5, 0.6) is 5.75 Å². The molecule has 0 radical (unpaired) electrons. The molecule has 1 aliphatic heterocycles. The number of aromatic nitrogens is 2. The highest BCUT2D eigenvalue weighted by atomic mass is 16.5. The molecule has 3 aromatic rings. The standard InChI is InChI=1S/C21H22N4O2/c26-21(23-11-14-27-17-5-2-1-3-6-17)25-12-8-16(9-13-25)19-15-24-20-18(19)7-4-10-22-20/h1-8,10,15H,9,11-14H2,(H,22,24)(H,23,26). The van der Waals surface area contributed by atoms with Gasteiger partial charge in [0.1, 0.15) is 18.0 Å². The van der Waals surface area contributed by atoms with Crippen molar-refractivity contribution in [3.05, 3.63) is 66.5 Å². The molecule has 0 fully saturated rings. The minimum atomic E-state index is -0.0532. The molecule has 0 saturated heterocycles. The number of ether oxygens (including phenoxy) is 1. The van der Waals surface area contributed by atoms with Gasteiger partial charge in [-0.1, -0.05) is 24.3 Å². The number of benzene rings is 1. The molecule has 4 rings (SSSR count). The van der Waals surface area contributed by atoms with Gasteiger partial charge in [-0.2, -0.15) is 0 Å². The molecule has 2 aromatic heterocycles. The summed E-state index contributed by atoms with van der Waals surface area (Å²) in [5, 5.41) is 4.04. The van der Waals surface area contributed by atoms with Gasteiger partial charge >= 0.3 is 6.03 Å². The minimum absolute atomic E-state index is 0.0532. The molecule has 2 N–H and O–H groups in total. The third-order valence-electron chi connectivity index (χ3n) is 4.68. The third kappa shape index (κ3) is 3.95. The van der Waals surface area contributed by atoms with E-state index in [1.54, 1.807) is 6.20 Å². The maximum Gasteiger partial charge on any atom is 0.317 e. The Kier molecular flexibility index (Phi) is 5.05. The van der Waals surface area contributed by atoms with Crippen LogP contribution < -0.4 is 10.1 Å². The van der Waals surface area contributed by atoms with Crippen LogP contribution in [0.3, 0.4) is 0 Å². The van der Waals surface area contributed by atoms with Crippen molar-refractivity contribution in [1.29, 1.82) is 0 Å². The van der Waals surface area contributed by atoms with Gasteiger partial charge < -0.3 is 19.9 Å². The number of nitrogens with one attached hydrogen (secondary N) is 2. The fraction of sp³-hybridized carbons (Fsp3) is 0.238. The molecule has 6 nitrogen and oxygen atoms in total. The second-order valence-electron chi connectivity index (χ2n) is 6.42. The monoisotopic (exact) mass is 362 g/mol. The van der Waals surface area contributed by atoms with Gasteiger partial charge in [0.25, 0.3) is 0 Å². The third-order valence-corrected chi connectivity index (χ3v) is 4.68. The van der Waals surface area contributed by atoms with Gasteiger partial charge in [0.15, 0.2) is 0 Å². The Hall–Kier alpha value is -3.28. The summed E-state index contributed by atoms with van der Waals surface area (Å²) in [6.45, 7) is 2.24. The number of carbonyl (C=O) groups is 1. The predicted molar refractivity (Wildman–Crippen MR) is 106 cm³/mol. The predicted octanol–water partition coefficient (Wildman–Crippen LogP) is 3.44. The normalized spacial score (nSPS) is 14.1. The molecule has 0 bridgehead atoms. The van der Waals surface area contributed by atoms with E-state index in [-0.39, 0.29) is 6.03 Å². The van der Waals surface area contributed by atoms with Crippen molar-refractivity contribution in [2.24, 2.45) is 0 Å². The van der Waals surface area contributed by atoms with Gasteiger partial charge in [-0.05, 0) is 36.3 Å². The van der Waals surface area contributed by atoms with E-state index in [0.29, 0.717) is 26.2 Å². The fourth-order valence-electron chi connectivity index (χ4n) is 3.28. The van der Waals surface area contributed by atoms with Crippen molar-refractivity contribution in [2.75, 3.05) is 26.2 Å². The average molecular weight is 362 g/mol. The van der Waals surface area contributed by atoms with Gasteiger partial charge in [-0.3, -0.25) is 0 Å². The summed E-state index contributed by atoms with van der Waals surface area (Å²) in [4.78, 5) is 21.7. The van der Waals surface area contributed by atoms with Crippen LogP contribution in [0.1, 0.15) is 12.0 Å². The lowest BCUT2D eigenvalue weighted by atomic mass is 10.00. The van der Waals surface area contributed by atoms with Crippen LogP contribution in [0, 0.1) is 0 Å². The Labute approximate surface area is 157 Å². The number of hydrogen-bond acceptors (Lipinski definition) is 3. The first-order valence-electron chi connectivity index (χ1n) is 9.13. The van der Waals surface area contributed by atoms with Crippen LogP contribution in [0.25, 0.3) is 16.6 Å². The summed E-state index contributed by atoms with van der Waals surface area (Å²) >= 11 is 0. The highest BCUT2D eigenvalue weighted by molar-refractivity contribution is 5.91. The highest BCUT2D eigenvalue weighted by Crippen LogP contribution is 2.28. The van der Waals surface area contributed by atoms with Crippen LogP contribution >= 0.6 is 0 Å². The first kappa shape index (κ1) is 17.1. The number of fused-ring (bicyclic) bond motifs is 1. The number of rotatable bonds is 5. The van der Waals surface area contributed by atoms with Crippen molar-refractivity contribution in [1.82, 2.24) is 20.2 Å². The molecule has 0 aliphatic carbocycles. The smallest absolute Gasteiger partial charge is 0.317 e. The molecular weight excluding hydrogens is 340 g/mol. The lowest BCUT2D eigenvalue weighted by molar-refractivity contribution is 0.200. The van der Waals surface area contributed by atoms with Gasteiger partial charge in [-0.25, -0.2) is 9.78 Å². The summed E-state index contributed by atoms with van der Waals surface area (Å²) in [7, 11) is 0. The molecule has 27 heavy (non-hydrogen) atoms. The molecule has 138 valence electrons. The molecular formula is C21H22N4O2. The molecule has 0 unspecified atom stereocenters. The molecule has 0 spiro atoms. The number of urea groups is 1. The molecule has 1 aromatic carbocycles. The minimum Gasteiger partial charge on any atom is -0.492 e. The number of para-hydroxylation sites is 1. The Balaban J connectivity index is 1.28. The molecule has 6 heteroatoms. The fourth-order valence-corrected chi connectivity index (χ4v) is 3.28. The van der Waals surface area contributed by atoms with Crippen molar-refractivity contribution in [3.63, 3.8) is 0 Å². The van der Waals surface area contributed by atoms with E-state index in [2.05, 4.69) is 27.4 Å². The van der Waals surface area contributed by atoms with E-state index in [1.807, 2.05) is 47.5 Å². The molecule has 0 saturated carbocycles. The van der Waals surface area contributed by atoms with Gasteiger partial charge in [-0.15, -0.1) is 0 Å². The largest absolute Gasteiger partial charge is 0.492 e. The topological polar surface area (TPSA) is 70.2 Å². The van der Waals surface area contributed by atoms with Crippen LogP contribution in [0.15, 0.2) is 60.9 Å². The highest BCUT2D eigenvalue weighted by Gasteiger charge is 2.19. The number of pyridine rings is 1. The summed E-state index contributed by atoms with van der Waals surface area (Å²) in [5.74, 6) is 0.811. The second-order valence-corrected chi connectivity index (χ2v) is 6.42. The number of aromatic amines is 1. The van der Waals surface area contributed by atoms with E-state index >= 15 is 0 Å². The van der Waals surface area contributed by atoms with Crippen molar-refractivity contribution < 1.29 is 9.53 Å². The number of amides is 2. The van der Waals surface area contributed by atoms with Crippen LogP contribution in [0.4, 0.5) is 4.79 Å². The molecule has 3 heterocycles. The van der Waals surface area contributed by atoms with Crippen molar-refractivity contribution in [3.8, 4) is 5.75 Å². The zero-order valence-corrected chi connectivity index (χ0v) is 15.0. The zero-order chi connectivity index (χ0) is 18.5. The van der Waals surface area contributed by atoms with Gasteiger partial charge in [0.05, 0.1) is 6.54 Å². The van der Waals surface area contributed by atoms with E-state index < -0.39 is 0 Å². The van der Waals surface area contributed by atoms with Crippen molar-refractivity contribution >= 4 is 22.6 Å². The molecule has 0 atom stereocenters. The second kappa shape index (κ2) is 7.95. The number of hydrogen-bond donors (Lipinski definition) is 2. The first-order chi connectivity index (χ1) is 13.3. The van der Waals surface area contributed by atoms with Gasteiger partial charge in [0.2, 0.25) is 0 Å². The summed E-state index contributed by atoms with van der Waals surface area (Å²) in [5.41, 5.74) is 3.33. The van der Waals surface area contributed by atoms with Crippen LogP contribution in [0.2, 0.25) is 0 Å². The zero-order valence-electron chi connectivity index (χ0n) is 15.0. The summed E-state index contributed by atoms with van der Waals surface area (Å²) < 4.78 is 5.60. The Bertz CT molecular complexity index is 949. The lowest BCUT2D eigenvalue weighted by Crippen LogP contribution is -2.43. The molecule has 2 amide bonds. The van der Waals surface area contributed by atoms with E-state index in [0.717, 1.165) is 23.2 Å². The maximum absolute atomic E-state index is 12.3. The maximum atomic E-state index is 12.3. The Morgan fingerprint density at radius 2 is 2.11 bits per heavy atom. The Morgan fingerprint density at radius 3 is 2.93 bits per heavy atom. The summed E-state index contributed by atoms with van der Waals surface area (Å²) in [6, 6.07) is 13.6. The quantitative estimate of drug-likeness (QED) is 0.683. The van der Waals surface area contributed by atoms with Crippen LogP contribution in [-0.2, 0) is 0 Å². The van der Waals surface area contributed by atoms with E-state index in [4.69, 9.17) is 4.74 Å². The van der Waals surface area contributed by atoms with Crippen molar-refractivity contribution in [2.45, 2.75) is 6.42 Å². The van der Waals surface area contributed by atoms with Gasteiger partial charge in [0, 0.05) is 36.4 Å². The summed E-state index contributed by atoms with van der Waals surface area (Å²) in [6.07, 6.45) is 6.74. The average Bonchev–Trinajstić information content (AvgIpc) is 3.16. The number of carbonyl (C=O) groups excluding carboxylic acids is 1. The molecule has 1 aliphatic rings. The number of nitrogens with zero attached hydrogens (tertiary/aromatic N) is 2. The SMILES string of the molecule is O=C(NCCOc1ccccc1)N1CC=C(c2c[nH]c3ncccc23)CC1. The van der Waals surface area contributed by atoms with Crippen LogP contribution in [-0.4, -0.2) is 47.1 Å².